The first kappa shape index (κ1) is 21.9. The highest BCUT2D eigenvalue weighted by atomic mass is 19.1. The molecule has 1 fully saturated rings. The molecule has 2 aromatic heterocycles. The summed E-state index contributed by atoms with van der Waals surface area (Å²) in [6, 6.07) is 11.4. The molecule has 0 spiro atoms. The van der Waals surface area contributed by atoms with E-state index in [1.54, 1.807) is 25.1 Å². The van der Waals surface area contributed by atoms with E-state index in [1.165, 1.54) is 25.0 Å². The number of benzene rings is 1. The molecule has 5 rings (SSSR count). The summed E-state index contributed by atoms with van der Waals surface area (Å²) in [5.74, 6) is 0.654. The number of amides is 1. The summed E-state index contributed by atoms with van der Waals surface area (Å²) in [7, 11) is 0. The first-order chi connectivity index (χ1) is 16.5. The van der Waals surface area contributed by atoms with Crippen LogP contribution in [0.15, 0.2) is 47.6 Å². The molecule has 4 heterocycles. The highest BCUT2D eigenvalue weighted by molar-refractivity contribution is 6.02. The van der Waals surface area contributed by atoms with Gasteiger partial charge in [0.1, 0.15) is 28.7 Å². The lowest BCUT2D eigenvalue weighted by Crippen LogP contribution is -2.25. The molecule has 1 unspecified atom stereocenters. The van der Waals surface area contributed by atoms with Crippen LogP contribution in [0, 0.1) is 12.7 Å². The summed E-state index contributed by atoms with van der Waals surface area (Å²) in [4.78, 5) is 29.2. The molecule has 3 aromatic rings. The molecule has 1 amide bonds. The van der Waals surface area contributed by atoms with Crippen molar-refractivity contribution in [3.63, 3.8) is 0 Å². The maximum absolute atomic E-state index is 13.1. The smallest absolute Gasteiger partial charge is 0.270 e. The summed E-state index contributed by atoms with van der Waals surface area (Å²) >= 11 is 0. The number of nitrogens with zero attached hydrogens (tertiary/aromatic N) is 6. The summed E-state index contributed by atoms with van der Waals surface area (Å²) in [5, 5.41) is 15.7. The van der Waals surface area contributed by atoms with Crippen molar-refractivity contribution in [3.05, 3.63) is 76.8 Å². The zero-order valence-corrected chi connectivity index (χ0v) is 18.7. The number of halogens is 1. The van der Waals surface area contributed by atoms with Gasteiger partial charge in [-0.05, 0) is 55.7 Å². The lowest BCUT2D eigenvalue weighted by Gasteiger charge is -2.16. The van der Waals surface area contributed by atoms with Gasteiger partial charge in [0.25, 0.3) is 5.91 Å². The molecule has 0 radical (unpaired) electrons. The van der Waals surface area contributed by atoms with Gasteiger partial charge in [-0.2, -0.15) is 0 Å². The Balaban J connectivity index is 1.24. The maximum atomic E-state index is 13.1. The maximum Gasteiger partial charge on any atom is 0.270 e. The molecule has 1 N–H and O–H groups in total. The summed E-state index contributed by atoms with van der Waals surface area (Å²) in [6.07, 6.45) is 2.46. The minimum atomic E-state index is -0.360. The molecule has 174 valence electrons. The topological polar surface area (TPSA) is 105 Å². The van der Waals surface area contributed by atoms with E-state index in [2.05, 4.69) is 35.5 Å². The zero-order chi connectivity index (χ0) is 23.5. The fraction of sp³-hybridized carbons (Fsp3) is 0.333. The Labute approximate surface area is 196 Å². The van der Waals surface area contributed by atoms with Crippen molar-refractivity contribution >= 4 is 17.4 Å². The molecular weight excluding hydrogens is 437 g/mol. The van der Waals surface area contributed by atoms with Crippen LogP contribution in [0.25, 0.3) is 0 Å². The fourth-order valence-corrected chi connectivity index (χ4v) is 4.02. The Morgan fingerprint density at radius 3 is 2.65 bits per heavy atom. The van der Waals surface area contributed by atoms with E-state index < -0.39 is 0 Å². The molecular formula is C24H24FN7O2. The fourth-order valence-electron chi connectivity index (χ4n) is 4.02. The SMILES string of the molecule is Cc1nc(C(=O)NCc2ccc(F)cc2)cc(C2=NOC(c3ccc(N4CCCC4)nn3)C2)n1. The van der Waals surface area contributed by atoms with Crippen molar-refractivity contribution in [3.8, 4) is 0 Å². The molecule has 10 heteroatoms. The largest absolute Gasteiger partial charge is 0.385 e. The Morgan fingerprint density at radius 2 is 1.91 bits per heavy atom. The quantitative estimate of drug-likeness (QED) is 0.601. The minimum absolute atomic E-state index is 0.227. The van der Waals surface area contributed by atoms with Gasteiger partial charge in [0.2, 0.25) is 0 Å². The Morgan fingerprint density at radius 1 is 1.12 bits per heavy atom. The van der Waals surface area contributed by atoms with Crippen LogP contribution in [0.3, 0.4) is 0 Å². The third kappa shape index (κ3) is 4.85. The van der Waals surface area contributed by atoms with Crippen LogP contribution in [0.5, 0.6) is 0 Å². The minimum Gasteiger partial charge on any atom is -0.385 e. The van der Waals surface area contributed by atoms with E-state index in [4.69, 9.17) is 4.84 Å². The summed E-state index contributed by atoms with van der Waals surface area (Å²) in [6.45, 7) is 3.99. The molecule has 1 atom stereocenters. The molecule has 1 aromatic carbocycles. The number of nitrogens with one attached hydrogen (secondary N) is 1. The molecule has 1 saturated heterocycles. The highest BCUT2D eigenvalue weighted by Gasteiger charge is 2.27. The van der Waals surface area contributed by atoms with Crippen molar-refractivity contribution in [1.82, 2.24) is 25.5 Å². The Kier molecular flexibility index (Phi) is 6.11. The van der Waals surface area contributed by atoms with Gasteiger partial charge >= 0.3 is 0 Å². The average Bonchev–Trinajstić information content (AvgIpc) is 3.56. The van der Waals surface area contributed by atoms with Gasteiger partial charge < -0.3 is 15.1 Å². The van der Waals surface area contributed by atoms with Crippen LogP contribution in [-0.2, 0) is 11.4 Å². The standard InChI is InChI=1S/C24H24FN7O2/c1-15-27-19(12-21(28-15)24(33)26-14-16-4-6-17(25)7-5-16)20-13-22(34-31-20)18-8-9-23(30-29-18)32-10-2-3-11-32/h4-9,12,22H,2-3,10-11,13-14H2,1H3,(H,26,33). The van der Waals surface area contributed by atoms with Crippen molar-refractivity contribution in [2.24, 2.45) is 5.16 Å². The van der Waals surface area contributed by atoms with E-state index in [0.29, 0.717) is 29.3 Å². The molecule has 0 saturated carbocycles. The lowest BCUT2D eigenvalue weighted by atomic mass is 10.1. The number of carbonyl (C=O) groups excluding carboxylic acids is 1. The van der Waals surface area contributed by atoms with E-state index in [0.717, 1.165) is 24.5 Å². The van der Waals surface area contributed by atoms with Crippen LogP contribution < -0.4 is 10.2 Å². The van der Waals surface area contributed by atoms with Crippen molar-refractivity contribution in [1.29, 1.82) is 0 Å². The Bertz CT molecular complexity index is 1210. The van der Waals surface area contributed by atoms with Crippen LogP contribution in [0.2, 0.25) is 0 Å². The second-order valence-electron chi connectivity index (χ2n) is 8.34. The number of carbonyl (C=O) groups is 1. The van der Waals surface area contributed by atoms with E-state index in [1.807, 2.05) is 12.1 Å². The van der Waals surface area contributed by atoms with Gasteiger partial charge in [-0.25, -0.2) is 14.4 Å². The van der Waals surface area contributed by atoms with Gasteiger partial charge in [-0.1, -0.05) is 17.3 Å². The van der Waals surface area contributed by atoms with Crippen molar-refractivity contribution in [2.45, 2.75) is 38.8 Å². The normalized spacial score (nSPS) is 17.4. The average molecular weight is 462 g/mol. The van der Waals surface area contributed by atoms with Crippen LogP contribution >= 0.6 is 0 Å². The number of aryl methyl sites for hydroxylation is 1. The molecule has 0 bridgehead atoms. The second-order valence-corrected chi connectivity index (χ2v) is 8.34. The first-order valence-electron chi connectivity index (χ1n) is 11.2. The van der Waals surface area contributed by atoms with Crippen LogP contribution in [0.1, 0.15) is 58.6 Å². The predicted octanol–water partition coefficient (Wildman–Crippen LogP) is 3.11. The van der Waals surface area contributed by atoms with E-state index in [-0.39, 0.29) is 30.1 Å². The molecule has 2 aliphatic heterocycles. The van der Waals surface area contributed by atoms with E-state index in [9.17, 15) is 9.18 Å². The molecule has 0 aliphatic carbocycles. The summed E-state index contributed by atoms with van der Waals surface area (Å²) in [5.41, 5.74) is 2.86. The molecule has 34 heavy (non-hydrogen) atoms. The van der Waals surface area contributed by atoms with Gasteiger partial charge in [0, 0.05) is 26.1 Å². The van der Waals surface area contributed by atoms with Crippen LogP contribution in [0.4, 0.5) is 10.2 Å². The zero-order valence-electron chi connectivity index (χ0n) is 18.7. The third-order valence-corrected chi connectivity index (χ3v) is 5.83. The third-order valence-electron chi connectivity index (χ3n) is 5.83. The molecule has 9 nitrogen and oxygen atoms in total. The number of aromatic nitrogens is 4. The number of rotatable bonds is 6. The number of anilines is 1. The van der Waals surface area contributed by atoms with Gasteiger partial charge in [-0.15, -0.1) is 10.2 Å². The van der Waals surface area contributed by atoms with Gasteiger partial charge in [0.05, 0.1) is 5.69 Å². The van der Waals surface area contributed by atoms with Crippen molar-refractivity contribution < 1.29 is 14.0 Å². The first-order valence-corrected chi connectivity index (χ1v) is 11.2. The van der Waals surface area contributed by atoms with Gasteiger partial charge in [0.15, 0.2) is 11.9 Å². The van der Waals surface area contributed by atoms with Gasteiger partial charge in [-0.3, -0.25) is 4.79 Å². The Hall–Kier alpha value is -3.95. The predicted molar refractivity (Wildman–Crippen MR) is 123 cm³/mol. The second kappa shape index (κ2) is 9.50. The number of oxime groups is 1. The van der Waals surface area contributed by atoms with E-state index >= 15 is 0 Å². The number of hydrogen-bond donors (Lipinski definition) is 1. The summed E-state index contributed by atoms with van der Waals surface area (Å²) < 4.78 is 13.1. The lowest BCUT2D eigenvalue weighted by molar-refractivity contribution is 0.0819. The highest BCUT2D eigenvalue weighted by Crippen LogP contribution is 2.28. The monoisotopic (exact) mass is 461 g/mol. The molecule has 2 aliphatic rings. The van der Waals surface area contributed by atoms with Crippen molar-refractivity contribution in [2.75, 3.05) is 18.0 Å². The number of hydrogen-bond acceptors (Lipinski definition) is 8. The van der Waals surface area contributed by atoms with Crippen LogP contribution in [-0.4, -0.2) is 44.9 Å².